The van der Waals surface area contributed by atoms with Crippen molar-refractivity contribution < 1.29 is 13.2 Å². The van der Waals surface area contributed by atoms with Crippen LogP contribution in [0.4, 0.5) is 0 Å². The quantitative estimate of drug-likeness (QED) is 0.710. The molecular formula is C15H26ClN3O3S. The summed E-state index contributed by atoms with van der Waals surface area (Å²) in [5, 5.41) is 2.76. The van der Waals surface area contributed by atoms with E-state index in [0.29, 0.717) is 13.1 Å². The molecule has 0 fully saturated rings. The number of halogens is 1. The summed E-state index contributed by atoms with van der Waals surface area (Å²) in [6.45, 7) is 8.07. The third kappa shape index (κ3) is 6.47. The number of nitrogens with one attached hydrogen (secondary N) is 2. The Morgan fingerprint density at radius 2 is 1.74 bits per heavy atom. The van der Waals surface area contributed by atoms with Gasteiger partial charge in [0, 0.05) is 13.1 Å². The zero-order valence-electron chi connectivity index (χ0n) is 13.9. The van der Waals surface area contributed by atoms with Crippen molar-refractivity contribution in [3.05, 3.63) is 29.8 Å². The van der Waals surface area contributed by atoms with Gasteiger partial charge in [-0.05, 0) is 23.1 Å². The number of amides is 1. The van der Waals surface area contributed by atoms with Crippen molar-refractivity contribution in [1.29, 1.82) is 0 Å². The van der Waals surface area contributed by atoms with Gasteiger partial charge in [-0.15, -0.1) is 12.4 Å². The molecule has 0 aliphatic rings. The molecule has 1 aromatic carbocycles. The fraction of sp³-hybridized carbons (Fsp3) is 0.533. The van der Waals surface area contributed by atoms with E-state index in [1.54, 1.807) is 19.1 Å². The third-order valence-corrected chi connectivity index (χ3v) is 4.81. The van der Waals surface area contributed by atoms with Gasteiger partial charge in [-0.2, -0.15) is 0 Å². The lowest BCUT2D eigenvalue weighted by molar-refractivity contribution is -0.124. The molecule has 8 heteroatoms. The van der Waals surface area contributed by atoms with E-state index in [-0.39, 0.29) is 28.6 Å². The van der Waals surface area contributed by atoms with Gasteiger partial charge in [0.1, 0.15) is 0 Å². The topological polar surface area (TPSA) is 101 Å². The van der Waals surface area contributed by atoms with Gasteiger partial charge < -0.3 is 11.1 Å². The molecule has 0 aliphatic heterocycles. The monoisotopic (exact) mass is 363 g/mol. The average molecular weight is 364 g/mol. The maximum atomic E-state index is 11.9. The van der Waals surface area contributed by atoms with Crippen molar-refractivity contribution in [3.8, 4) is 0 Å². The van der Waals surface area contributed by atoms with Gasteiger partial charge in [-0.25, -0.2) is 13.1 Å². The van der Waals surface area contributed by atoms with Crippen molar-refractivity contribution in [1.82, 2.24) is 10.0 Å². The summed E-state index contributed by atoms with van der Waals surface area (Å²) in [6, 6.07) is 5.79. The number of rotatable bonds is 6. The first-order chi connectivity index (χ1) is 10.1. The van der Waals surface area contributed by atoms with Crippen LogP contribution in [0.5, 0.6) is 0 Å². The summed E-state index contributed by atoms with van der Waals surface area (Å²) >= 11 is 0. The predicted molar refractivity (Wildman–Crippen MR) is 93.8 cm³/mol. The fourth-order valence-corrected chi connectivity index (χ4v) is 2.79. The summed E-state index contributed by atoms with van der Waals surface area (Å²) in [7, 11) is -3.45. The van der Waals surface area contributed by atoms with E-state index in [9.17, 15) is 13.2 Å². The Balaban J connectivity index is 0.00000484. The van der Waals surface area contributed by atoms with Crippen LogP contribution in [0.3, 0.4) is 0 Å². The number of benzene rings is 1. The fourth-order valence-electron chi connectivity index (χ4n) is 1.75. The molecule has 0 unspecified atom stereocenters. The van der Waals surface area contributed by atoms with Gasteiger partial charge in [-0.3, -0.25) is 4.79 Å². The van der Waals surface area contributed by atoms with Crippen LogP contribution in [0.15, 0.2) is 29.2 Å². The van der Waals surface area contributed by atoms with Crippen LogP contribution in [0.1, 0.15) is 33.3 Å². The second-order valence-electron chi connectivity index (χ2n) is 6.21. The van der Waals surface area contributed by atoms with Crippen LogP contribution in [0.25, 0.3) is 0 Å². The van der Waals surface area contributed by atoms with Crippen LogP contribution < -0.4 is 15.8 Å². The number of carbonyl (C=O) groups excluding carboxylic acids is 1. The second kappa shape index (κ2) is 8.63. The molecule has 0 heterocycles. The minimum atomic E-state index is -3.45. The Kier molecular flexibility index (Phi) is 8.20. The van der Waals surface area contributed by atoms with Crippen molar-refractivity contribution in [2.45, 2.75) is 45.2 Å². The largest absolute Gasteiger partial charge is 0.351 e. The molecule has 0 spiro atoms. The van der Waals surface area contributed by atoms with Crippen molar-refractivity contribution in [2.24, 2.45) is 11.1 Å². The van der Waals surface area contributed by atoms with E-state index in [4.69, 9.17) is 5.73 Å². The molecule has 132 valence electrons. The van der Waals surface area contributed by atoms with Crippen LogP contribution in [-0.2, 0) is 21.4 Å². The van der Waals surface area contributed by atoms with E-state index >= 15 is 0 Å². The van der Waals surface area contributed by atoms with Crippen LogP contribution >= 0.6 is 12.4 Å². The zero-order chi connectivity index (χ0) is 17.0. The van der Waals surface area contributed by atoms with Crippen LogP contribution in [0.2, 0.25) is 0 Å². The molecule has 0 aromatic heterocycles. The Morgan fingerprint density at radius 3 is 2.17 bits per heavy atom. The van der Waals surface area contributed by atoms with Gasteiger partial charge in [0.05, 0.1) is 10.9 Å². The highest BCUT2D eigenvalue weighted by Crippen LogP contribution is 2.17. The lowest BCUT2D eigenvalue weighted by Gasteiger charge is -2.25. The Morgan fingerprint density at radius 1 is 1.22 bits per heavy atom. The van der Waals surface area contributed by atoms with Gasteiger partial charge in [0.2, 0.25) is 15.9 Å². The molecule has 0 saturated carbocycles. The highest BCUT2D eigenvalue weighted by Gasteiger charge is 2.27. The minimum Gasteiger partial charge on any atom is -0.351 e. The predicted octanol–water partition coefficient (Wildman–Crippen LogP) is 1.40. The Hall–Kier alpha value is -1.15. The number of sulfonamides is 1. The molecule has 1 rings (SSSR count). The molecule has 4 N–H and O–H groups in total. The molecular weight excluding hydrogens is 338 g/mol. The molecule has 0 saturated heterocycles. The maximum Gasteiger partial charge on any atom is 0.240 e. The third-order valence-electron chi connectivity index (χ3n) is 3.25. The van der Waals surface area contributed by atoms with Crippen molar-refractivity contribution in [3.63, 3.8) is 0 Å². The number of nitrogens with two attached hydrogens (primary N) is 1. The first kappa shape index (κ1) is 21.9. The van der Waals surface area contributed by atoms with Crippen molar-refractivity contribution in [2.75, 3.05) is 6.54 Å². The summed E-state index contributed by atoms with van der Waals surface area (Å²) in [6.07, 6.45) is 0. The molecule has 1 aromatic rings. The molecule has 23 heavy (non-hydrogen) atoms. The summed E-state index contributed by atoms with van der Waals surface area (Å²) < 4.78 is 26.0. The summed E-state index contributed by atoms with van der Waals surface area (Å²) in [4.78, 5) is 12.1. The summed E-state index contributed by atoms with van der Waals surface area (Å²) in [5.74, 6) is -0.225. The number of carbonyl (C=O) groups is 1. The molecule has 6 nitrogen and oxygen atoms in total. The smallest absolute Gasteiger partial charge is 0.240 e. The van der Waals surface area contributed by atoms with Crippen LogP contribution in [0, 0.1) is 5.41 Å². The van der Waals surface area contributed by atoms with E-state index in [1.807, 2.05) is 20.8 Å². The van der Waals surface area contributed by atoms with Gasteiger partial charge in [0.25, 0.3) is 0 Å². The van der Waals surface area contributed by atoms with E-state index < -0.39 is 16.1 Å². The molecule has 0 radical (unpaired) electrons. The van der Waals surface area contributed by atoms with Gasteiger partial charge >= 0.3 is 0 Å². The lowest BCUT2D eigenvalue weighted by Crippen LogP contribution is -2.48. The zero-order valence-corrected chi connectivity index (χ0v) is 15.6. The van der Waals surface area contributed by atoms with Gasteiger partial charge in [0.15, 0.2) is 0 Å². The standard InChI is InChI=1S/C15H25N3O3S.ClH/c1-5-18-22(20,21)12-8-6-11(7-9-12)10-17-14(19)13(16)15(2,3)4;/h6-9,13,18H,5,10,16H2,1-4H3,(H,17,19);1H/t13-;/m1./s1. The van der Waals surface area contributed by atoms with E-state index in [1.165, 1.54) is 12.1 Å². The first-order valence-electron chi connectivity index (χ1n) is 7.20. The molecule has 1 amide bonds. The molecule has 1 atom stereocenters. The van der Waals surface area contributed by atoms with Crippen molar-refractivity contribution >= 4 is 28.3 Å². The van der Waals surface area contributed by atoms with E-state index in [2.05, 4.69) is 10.0 Å². The van der Waals surface area contributed by atoms with E-state index in [0.717, 1.165) is 5.56 Å². The Labute approximate surface area is 144 Å². The lowest BCUT2D eigenvalue weighted by atomic mass is 9.87. The maximum absolute atomic E-state index is 11.9. The highest BCUT2D eigenvalue weighted by molar-refractivity contribution is 7.89. The van der Waals surface area contributed by atoms with Crippen LogP contribution in [-0.4, -0.2) is 26.9 Å². The minimum absolute atomic E-state index is 0. The second-order valence-corrected chi connectivity index (χ2v) is 7.97. The van der Waals surface area contributed by atoms with Gasteiger partial charge in [-0.1, -0.05) is 39.8 Å². The normalized spacial score (nSPS) is 13.1. The average Bonchev–Trinajstić information content (AvgIpc) is 2.43. The molecule has 0 bridgehead atoms. The Bertz CT molecular complexity index is 610. The SMILES string of the molecule is CCNS(=O)(=O)c1ccc(CNC(=O)[C@@H](N)C(C)(C)C)cc1.Cl. The number of hydrogen-bond acceptors (Lipinski definition) is 4. The highest BCUT2D eigenvalue weighted by atomic mass is 35.5. The summed E-state index contributed by atoms with van der Waals surface area (Å²) in [5.41, 5.74) is 6.37. The first-order valence-corrected chi connectivity index (χ1v) is 8.68. The number of hydrogen-bond donors (Lipinski definition) is 3. The molecule has 0 aliphatic carbocycles.